The van der Waals surface area contributed by atoms with E-state index in [0.717, 1.165) is 6.54 Å². The Morgan fingerprint density at radius 3 is 2.52 bits per heavy atom. The minimum Gasteiger partial charge on any atom is -0.313 e. The van der Waals surface area contributed by atoms with Crippen LogP contribution in [0.1, 0.15) is 49.3 Å². The first kappa shape index (κ1) is 16.1. The predicted molar refractivity (Wildman–Crippen MR) is 98.5 cm³/mol. The third kappa shape index (κ3) is 3.77. The van der Waals surface area contributed by atoms with Crippen LogP contribution in [0.3, 0.4) is 0 Å². The molecule has 0 radical (unpaired) electrons. The lowest BCUT2D eigenvalue weighted by Crippen LogP contribution is -2.30. The molecule has 1 nitrogen and oxygen atoms in total. The quantitative estimate of drug-likeness (QED) is 0.801. The molecule has 3 unspecified atom stereocenters. The number of allylic oxidation sites excluding steroid dienone is 3. The van der Waals surface area contributed by atoms with Crippen molar-refractivity contribution < 1.29 is 0 Å². The summed E-state index contributed by atoms with van der Waals surface area (Å²) in [7, 11) is 0. The maximum absolute atomic E-state index is 3.71. The molecule has 3 rings (SSSR count). The zero-order valence-corrected chi connectivity index (χ0v) is 14.7. The van der Waals surface area contributed by atoms with Crippen molar-refractivity contribution in [2.45, 2.75) is 52.5 Å². The third-order valence-corrected chi connectivity index (χ3v) is 4.78. The standard InChI is InChI=1S/C22H27N/c1-15-7-8-19(12-16(2)10-15)22(21-6-5-9-23-21)20-13-17(3)11-18(4)14-20/h10-15,21-23H,5-6,9H2,1-4H3. The highest BCUT2D eigenvalue weighted by molar-refractivity contribution is 5.49. The molecular weight excluding hydrogens is 278 g/mol. The summed E-state index contributed by atoms with van der Waals surface area (Å²) in [6, 6.07) is 7.43. The van der Waals surface area contributed by atoms with Crippen molar-refractivity contribution in [2.24, 2.45) is 5.92 Å². The molecule has 1 aromatic rings. The summed E-state index contributed by atoms with van der Waals surface area (Å²) in [5.41, 5.74) is 6.67. The number of nitrogens with one attached hydrogen (secondary N) is 1. The Hall–Kier alpha value is -1.78. The Labute approximate surface area is 140 Å². The summed E-state index contributed by atoms with van der Waals surface area (Å²) in [5, 5.41) is 3.71. The topological polar surface area (TPSA) is 12.0 Å². The zero-order valence-electron chi connectivity index (χ0n) is 14.7. The average molecular weight is 305 g/mol. The first-order valence-corrected chi connectivity index (χ1v) is 8.76. The van der Waals surface area contributed by atoms with Crippen molar-refractivity contribution in [1.82, 2.24) is 5.32 Å². The van der Waals surface area contributed by atoms with Gasteiger partial charge in [-0.1, -0.05) is 52.8 Å². The molecule has 0 bridgehead atoms. The molecule has 1 aromatic carbocycles. The number of hydrogen-bond acceptors (Lipinski definition) is 1. The third-order valence-electron chi connectivity index (χ3n) is 4.78. The second-order valence-corrected chi connectivity index (χ2v) is 7.17. The lowest BCUT2D eigenvalue weighted by atomic mass is 9.82. The summed E-state index contributed by atoms with van der Waals surface area (Å²) >= 11 is 0. The summed E-state index contributed by atoms with van der Waals surface area (Å²) in [4.78, 5) is 0. The molecule has 1 N–H and O–H groups in total. The molecular formula is C22H27N. The fraction of sp³-hybridized carbons (Fsp3) is 0.455. The molecule has 0 aromatic heterocycles. The lowest BCUT2D eigenvalue weighted by Gasteiger charge is -2.25. The van der Waals surface area contributed by atoms with Gasteiger partial charge in [-0.15, -0.1) is 0 Å². The Morgan fingerprint density at radius 1 is 1.13 bits per heavy atom. The first-order chi connectivity index (χ1) is 11.0. The van der Waals surface area contributed by atoms with Gasteiger partial charge < -0.3 is 5.32 Å². The molecule has 2 aliphatic rings. The molecule has 1 fully saturated rings. The maximum atomic E-state index is 3.71. The van der Waals surface area contributed by atoms with Gasteiger partial charge in [0.25, 0.3) is 0 Å². The van der Waals surface area contributed by atoms with E-state index >= 15 is 0 Å². The van der Waals surface area contributed by atoms with E-state index in [0.29, 0.717) is 17.9 Å². The van der Waals surface area contributed by atoms with Gasteiger partial charge >= 0.3 is 0 Å². The summed E-state index contributed by atoms with van der Waals surface area (Å²) in [6.45, 7) is 9.86. The van der Waals surface area contributed by atoms with Gasteiger partial charge in [0.2, 0.25) is 0 Å². The number of benzene rings is 1. The highest BCUT2D eigenvalue weighted by Gasteiger charge is 2.29. The second kappa shape index (κ2) is 6.77. The van der Waals surface area contributed by atoms with Crippen molar-refractivity contribution in [3.8, 4) is 11.8 Å². The molecule has 0 amide bonds. The van der Waals surface area contributed by atoms with Gasteiger partial charge in [-0.05, 0) is 58.7 Å². The first-order valence-electron chi connectivity index (χ1n) is 8.76. The van der Waals surface area contributed by atoms with E-state index < -0.39 is 0 Å². The van der Waals surface area contributed by atoms with E-state index in [9.17, 15) is 0 Å². The van der Waals surface area contributed by atoms with E-state index in [4.69, 9.17) is 0 Å². The van der Waals surface area contributed by atoms with E-state index in [2.05, 4.69) is 75.2 Å². The van der Waals surface area contributed by atoms with Crippen molar-refractivity contribution in [2.75, 3.05) is 6.54 Å². The number of aryl methyl sites for hydroxylation is 2. The normalized spacial score (nSPS) is 25.0. The molecule has 1 aliphatic heterocycles. The Kier molecular flexibility index (Phi) is 4.74. The van der Waals surface area contributed by atoms with Crippen LogP contribution >= 0.6 is 0 Å². The van der Waals surface area contributed by atoms with Gasteiger partial charge in [-0.2, -0.15) is 0 Å². The minimum absolute atomic E-state index is 0.334. The summed E-state index contributed by atoms with van der Waals surface area (Å²) in [5.74, 6) is 7.59. The van der Waals surface area contributed by atoms with E-state index in [1.165, 1.54) is 40.7 Å². The van der Waals surface area contributed by atoms with Gasteiger partial charge in [0, 0.05) is 23.5 Å². The van der Waals surface area contributed by atoms with Gasteiger partial charge in [0.05, 0.1) is 0 Å². The van der Waals surface area contributed by atoms with Crippen LogP contribution in [0.2, 0.25) is 0 Å². The van der Waals surface area contributed by atoms with Crippen LogP contribution in [0.15, 0.2) is 41.5 Å². The molecule has 1 aliphatic carbocycles. The molecule has 0 saturated carbocycles. The number of hydrogen-bond donors (Lipinski definition) is 1. The largest absolute Gasteiger partial charge is 0.313 e. The maximum Gasteiger partial charge on any atom is 0.0363 e. The minimum atomic E-state index is 0.334. The smallest absolute Gasteiger partial charge is 0.0363 e. The highest BCUT2D eigenvalue weighted by Crippen LogP contribution is 2.34. The molecule has 0 spiro atoms. The Balaban J connectivity index is 2.07. The van der Waals surface area contributed by atoms with Crippen LogP contribution in [0, 0.1) is 31.6 Å². The van der Waals surface area contributed by atoms with Crippen LogP contribution < -0.4 is 5.32 Å². The van der Waals surface area contributed by atoms with Crippen molar-refractivity contribution >= 4 is 0 Å². The Morgan fingerprint density at radius 2 is 1.87 bits per heavy atom. The lowest BCUT2D eigenvalue weighted by molar-refractivity contribution is 0.541. The van der Waals surface area contributed by atoms with Crippen LogP contribution in [0.25, 0.3) is 0 Å². The van der Waals surface area contributed by atoms with Crippen molar-refractivity contribution in [3.05, 3.63) is 58.2 Å². The fourth-order valence-electron chi connectivity index (χ4n) is 3.94. The molecule has 23 heavy (non-hydrogen) atoms. The second-order valence-electron chi connectivity index (χ2n) is 7.17. The van der Waals surface area contributed by atoms with Gasteiger partial charge in [0.1, 0.15) is 0 Å². The molecule has 3 atom stereocenters. The summed E-state index contributed by atoms with van der Waals surface area (Å²) in [6.07, 6.45) is 7.06. The van der Waals surface area contributed by atoms with Crippen molar-refractivity contribution in [3.63, 3.8) is 0 Å². The van der Waals surface area contributed by atoms with Crippen molar-refractivity contribution in [1.29, 1.82) is 0 Å². The Bertz CT molecular complexity index is 685. The van der Waals surface area contributed by atoms with E-state index in [1.807, 2.05) is 0 Å². The predicted octanol–water partition coefficient (Wildman–Crippen LogP) is 4.66. The molecule has 120 valence electrons. The molecule has 1 saturated heterocycles. The fourth-order valence-corrected chi connectivity index (χ4v) is 3.94. The van der Waals surface area contributed by atoms with Gasteiger partial charge in [0.15, 0.2) is 0 Å². The van der Waals surface area contributed by atoms with Crippen LogP contribution in [0.5, 0.6) is 0 Å². The molecule has 1 heteroatoms. The van der Waals surface area contributed by atoms with Gasteiger partial charge in [-0.3, -0.25) is 0 Å². The van der Waals surface area contributed by atoms with Crippen LogP contribution in [0.4, 0.5) is 0 Å². The van der Waals surface area contributed by atoms with Gasteiger partial charge in [-0.25, -0.2) is 0 Å². The SMILES string of the molecule is CC1=CC(C)C#CC(C(c2cc(C)cc(C)c2)C2CCCN2)=C1. The molecule has 1 heterocycles. The van der Waals surface area contributed by atoms with Crippen LogP contribution in [-0.2, 0) is 0 Å². The number of rotatable bonds is 3. The highest BCUT2D eigenvalue weighted by atomic mass is 14.9. The average Bonchev–Trinajstić information content (AvgIpc) is 2.91. The van der Waals surface area contributed by atoms with Crippen LogP contribution in [-0.4, -0.2) is 12.6 Å². The monoisotopic (exact) mass is 305 g/mol. The zero-order chi connectivity index (χ0) is 16.4. The van der Waals surface area contributed by atoms with E-state index in [1.54, 1.807) is 0 Å². The van der Waals surface area contributed by atoms with E-state index in [-0.39, 0.29) is 0 Å². The summed E-state index contributed by atoms with van der Waals surface area (Å²) < 4.78 is 0.